The zero-order valence-electron chi connectivity index (χ0n) is 16.9. The first-order chi connectivity index (χ1) is 13.7. The summed E-state index contributed by atoms with van der Waals surface area (Å²) in [6, 6.07) is 18.8. The fraction of sp³-hybridized carbons (Fsp3) is 0.435. The van der Waals surface area contributed by atoms with Gasteiger partial charge >= 0.3 is 0 Å². The van der Waals surface area contributed by atoms with Crippen molar-refractivity contribution >= 4 is 17.3 Å². The molecule has 3 rings (SSSR count). The molecule has 150 valence electrons. The molecule has 1 saturated heterocycles. The molecular formula is C23H31N3O2. The standard InChI is InChI=1S/C23H31N3O2/c1-3-26(20-7-5-4-6-8-20)21-11-9-19(10-12-21)17-25-22(27)23(18-28-2)13-15-24-16-14-23/h4-12,24H,3,13-18H2,1-2H3,(H,25,27). The highest BCUT2D eigenvalue weighted by molar-refractivity contribution is 5.83. The van der Waals surface area contributed by atoms with Crippen molar-refractivity contribution in [3.63, 3.8) is 0 Å². The van der Waals surface area contributed by atoms with Gasteiger partial charge in [-0.25, -0.2) is 0 Å². The molecule has 1 fully saturated rings. The monoisotopic (exact) mass is 381 g/mol. The van der Waals surface area contributed by atoms with Gasteiger partial charge in [-0.15, -0.1) is 0 Å². The van der Waals surface area contributed by atoms with Gasteiger partial charge in [-0.3, -0.25) is 4.79 Å². The van der Waals surface area contributed by atoms with E-state index in [9.17, 15) is 4.79 Å². The Morgan fingerprint density at radius 3 is 2.32 bits per heavy atom. The molecular weight excluding hydrogens is 350 g/mol. The van der Waals surface area contributed by atoms with E-state index in [1.165, 1.54) is 5.69 Å². The Bertz CT molecular complexity index is 735. The lowest BCUT2D eigenvalue weighted by molar-refractivity contribution is -0.136. The van der Waals surface area contributed by atoms with E-state index in [0.29, 0.717) is 13.2 Å². The summed E-state index contributed by atoms with van der Waals surface area (Å²) in [6.07, 6.45) is 1.63. The molecule has 5 heteroatoms. The van der Waals surface area contributed by atoms with Gasteiger partial charge in [0, 0.05) is 31.6 Å². The van der Waals surface area contributed by atoms with Gasteiger partial charge in [-0.2, -0.15) is 0 Å². The van der Waals surface area contributed by atoms with Crippen molar-refractivity contribution < 1.29 is 9.53 Å². The number of anilines is 2. The minimum absolute atomic E-state index is 0.0967. The second-order valence-corrected chi connectivity index (χ2v) is 7.39. The number of benzene rings is 2. The number of amides is 1. The fourth-order valence-electron chi connectivity index (χ4n) is 3.90. The summed E-state index contributed by atoms with van der Waals surface area (Å²) in [4.78, 5) is 15.1. The van der Waals surface area contributed by atoms with E-state index in [2.05, 4.69) is 71.0 Å². The first-order valence-electron chi connectivity index (χ1n) is 10.1. The largest absolute Gasteiger partial charge is 0.384 e. The highest BCUT2D eigenvalue weighted by Gasteiger charge is 2.39. The number of hydrogen-bond donors (Lipinski definition) is 2. The van der Waals surface area contributed by atoms with E-state index in [0.717, 1.165) is 43.7 Å². The summed E-state index contributed by atoms with van der Waals surface area (Å²) in [7, 11) is 1.67. The van der Waals surface area contributed by atoms with Crippen molar-refractivity contribution in [2.75, 3.05) is 38.3 Å². The van der Waals surface area contributed by atoms with Gasteiger partial charge in [0.1, 0.15) is 0 Å². The first-order valence-corrected chi connectivity index (χ1v) is 10.1. The van der Waals surface area contributed by atoms with Crippen LogP contribution in [0.1, 0.15) is 25.3 Å². The molecule has 1 aliphatic heterocycles. The summed E-state index contributed by atoms with van der Waals surface area (Å²) in [5.74, 6) is 0.0967. The normalized spacial score (nSPS) is 15.8. The van der Waals surface area contributed by atoms with Crippen LogP contribution >= 0.6 is 0 Å². The molecule has 0 aliphatic carbocycles. The molecule has 0 aromatic heterocycles. The molecule has 1 aliphatic rings. The van der Waals surface area contributed by atoms with E-state index in [4.69, 9.17) is 4.74 Å². The van der Waals surface area contributed by atoms with Gasteiger partial charge in [0.25, 0.3) is 0 Å². The first kappa shape index (κ1) is 20.4. The average Bonchev–Trinajstić information content (AvgIpc) is 2.75. The van der Waals surface area contributed by atoms with Gasteiger partial charge in [-0.05, 0) is 62.7 Å². The number of para-hydroxylation sites is 1. The quantitative estimate of drug-likeness (QED) is 0.735. The number of nitrogens with one attached hydrogen (secondary N) is 2. The number of ether oxygens (including phenoxy) is 1. The van der Waals surface area contributed by atoms with Crippen LogP contribution in [0, 0.1) is 5.41 Å². The lowest BCUT2D eigenvalue weighted by Crippen LogP contribution is -2.49. The van der Waals surface area contributed by atoms with Crippen molar-refractivity contribution in [1.29, 1.82) is 0 Å². The lowest BCUT2D eigenvalue weighted by atomic mass is 9.78. The molecule has 0 bridgehead atoms. The summed E-state index contributed by atoms with van der Waals surface area (Å²) < 4.78 is 5.36. The number of rotatable bonds is 8. The van der Waals surface area contributed by atoms with Crippen LogP contribution in [-0.2, 0) is 16.1 Å². The van der Waals surface area contributed by atoms with Crippen LogP contribution in [-0.4, -0.2) is 39.3 Å². The molecule has 2 aromatic rings. The molecule has 0 radical (unpaired) electrons. The number of hydrogen-bond acceptors (Lipinski definition) is 4. The van der Waals surface area contributed by atoms with Crippen molar-refractivity contribution in [1.82, 2.24) is 10.6 Å². The van der Waals surface area contributed by atoms with Gasteiger partial charge in [0.05, 0.1) is 12.0 Å². The van der Waals surface area contributed by atoms with Crippen molar-refractivity contribution in [2.45, 2.75) is 26.3 Å². The maximum atomic E-state index is 12.9. The zero-order chi connectivity index (χ0) is 19.8. The maximum Gasteiger partial charge on any atom is 0.228 e. The van der Waals surface area contributed by atoms with E-state index in [1.54, 1.807) is 7.11 Å². The molecule has 0 spiro atoms. The smallest absolute Gasteiger partial charge is 0.228 e. The summed E-state index contributed by atoms with van der Waals surface area (Å²) in [6.45, 7) is 5.77. The van der Waals surface area contributed by atoms with Gasteiger partial charge in [0.15, 0.2) is 0 Å². The molecule has 2 N–H and O–H groups in total. The Morgan fingerprint density at radius 1 is 1.07 bits per heavy atom. The highest BCUT2D eigenvalue weighted by atomic mass is 16.5. The molecule has 0 atom stereocenters. The number of carbonyl (C=O) groups is 1. The third kappa shape index (κ3) is 4.72. The molecule has 1 amide bonds. The minimum atomic E-state index is -0.410. The van der Waals surface area contributed by atoms with Crippen LogP contribution in [0.3, 0.4) is 0 Å². The topological polar surface area (TPSA) is 53.6 Å². The maximum absolute atomic E-state index is 12.9. The Labute approximate surface area is 168 Å². The van der Waals surface area contributed by atoms with E-state index in [1.807, 2.05) is 6.07 Å². The fourth-order valence-corrected chi connectivity index (χ4v) is 3.90. The van der Waals surface area contributed by atoms with Crippen LogP contribution in [0.5, 0.6) is 0 Å². The SMILES string of the molecule is CCN(c1ccccc1)c1ccc(CNC(=O)C2(COC)CCNCC2)cc1. The van der Waals surface area contributed by atoms with Crippen molar-refractivity contribution in [3.05, 3.63) is 60.2 Å². The van der Waals surface area contributed by atoms with E-state index in [-0.39, 0.29) is 5.91 Å². The second kappa shape index (κ2) is 9.71. The number of nitrogens with zero attached hydrogens (tertiary/aromatic N) is 1. The number of methoxy groups -OCH3 is 1. The molecule has 5 nitrogen and oxygen atoms in total. The van der Waals surface area contributed by atoms with Crippen molar-refractivity contribution in [2.24, 2.45) is 5.41 Å². The van der Waals surface area contributed by atoms with E-state index < -0.39 is 5.41 Å². The molecule has 0 saturated carbocycles. The van der Waals surface area contributed by atoms with E-state index >= 15 is 0 Å². The second-order valence-electron chi connectivity index (χ2n) is 7.39. The Hall–Kier alpha value is -2.37. The molecule has 0 unspecified atom stereocenters. The van der Waals surface area contributed by atoms with Crippen LogP contribution < -0.4 is 15.5 Å². The lowest BCUT2D eigenvalue weighted by Gasteiger charge is -2.35. The molecule has 2 aromatic carbocycles. The van der Waals surface area contributed by atoms with Crippen LogP contribution in [0.4, 0.5) is 11.4 Å². The van der Waals surface area contributed by atoms with Gasteiger partial charge in [-0.1, -0.05) is 30.3 Å². The van der Waals surface area contributed by atoms with Gasteiger partial charge in [0.2, 0.25) is 5.91 Å². The third-order valence-electron chi connectivity index (χ3n) is 5.55. The van der Waals surface area contributed by atoms with Gasteiger partial charge < -0.3 is 20.3 Å². The number of carbonyl (C=O) groups excluding carboxylic acids is 1. The predicted molar refractivity (Wildman–Crippen MR) is 114 cm³/mol. The Morgan fingerprint density at radius 2 is 1.71 bits per heavy atom. The summed E-state index contributed by atoms with van der Waals surface area (Å²) in [5, 5.41) is 6.45. The average molecular weight is 382 g/mol. The highest BCUT2D eigenvalue weighted by Crippen LogP contribution is 2.30. The van der Waals surface area contributed by atoms with Crippen molar-refractivity contribution in [3.8, 4) is 0 Å². The molecule has 28 heavy (non-hydrogen) atoms. The Kier molecular flexibility index (Phi) is 7.06. The number of piperidine rings is 1. The third-order valence-corrected chi connectivity index (χ3v) is 5.55. The zero-order valence-corrected chi connectivity index (χ0v) is 16.9. The predicted octanol–water partition coefficient (Wildman–Crippen LogP) is 3.48. The Balaban J connectivity index is 1.63. The summed E-state index contributed by atoms with van der Waals surface area (Å²) in [5.41, 5.74) is 3.02. The summed E-state index contributed by atoms with van der Waals surface area (Å²) >= 11 is 0. The molecule has 1 heterocycles. The minimum Gasteiger partial charge on any atom is -0.384 e. The van der Waals surface area contributed by atoms with Crippen LogP contribution in [0.15, 0.2) is 54.6 Å². The van der Waals surface area contributed by atoms with Crippen LogP contribution in [0.2, 0.25) is 0 Å². The van der Waals surface area contributed by atoms with Crippen LogP contribution in [0.25, 0.3) is 0 Å².